The molecule has 0 fully saturated rings. The van der Waals surface area contributed by atoms with Crippen LogP contribution in [0.15, 0.2) is 48.8 Å². The molecule has 1 aliphatic heterocycles. The van der Waals surface area contributed by atoms with Gasteiger partial charge in [0.05, 0.1) is 12.8 Å². The number of rotatable bonds is 6. The van der Waals surface area contributed by atoms with Gasteiger partial charge in [-0.15, -0.1) is 0 Å². The minimum atomic E-state index is 0.387. The average molecular weight is 284 g/mol. The molecule has 3 rings (SSSR count). The van der Waals surface area contributed by atoms with Crippen molar-refractivity contribution < 1.29 is 9.47 Å². The fourth-order valence-electron chi connectivity index (χ4n) is 2.46. The van der Waals surface area contributed by atoms with Crippen LogP contribution in [0, 0.1) is 0 Å². The van der Waals surface area contributed by atoms with E-state index in [1.807, 2.05) is 24.3 Å². The first-order valence-corrected chi connectivity index (χ1v) is 7.39. The third-order valence-electron chi connectivity index (χ3n) is 3.54. The Bertz CT molecular complexity index is 560. The zero-order valence-corrected chi connectivity index (χ0v) is 12.0. The summed E-state index contributed by atoms with van der Waals surface area (Å²) in [5.41, 5.74) is 1.29. The van der Waals surface area contributed by atoms with Crippen LogP contribution in [0.4, 0.5) is 0 Å². The van der Waals surface area contributed by atoms with Crippen molar-refractivity contribution in [1.82, 2.24) is 10.3 Å². The van der Waals surface area contributed by atoms with Crippen molar-refractivity contribution in [3.8, 4) is 11.5 Å². The van der Waals surface area contributed by atoms with E-state index in [1.54, 1.807) is 12.4 Å². The van der Waals surface area contributed by atoms with Crippen LogP contribution < -0.4 is 14.8 Å². The van der Waals surface area contributed by atoms with E-state index in [0.717, 1.165) is 37.5 Å². The standard InChI is InChI=1S/C17H20N2O2/c1-2-7-17-14(5-1)11-15(13-21-17)19-9-4-10-20-16-6-3-8-18-12-16/h1-3,5-8,12,15,19H,4,9-11,13H2. The second-order valence-corrected chi connectivity index (χ2v) is 5.16. The van der Waals surface area contributed by atoms with E-state index in [4.69, 9.17) is 9.47 Å². The van der Waals surface area contributed by atoms with Gasteiger partial charge >= 0.3 is 0 Å². The summed E-state index contributed by atoms with van der Waals surface area (Å²) in [5, 5.41) is 3.53. The first-order chi connectivity index (χ1) is 10.4. The van der Waals surface area contributed by atoms with Crippen molar-refractivity contribution >= 4 is 0 Å². The second-order valence-electron chi connectivity index (χ2n) is 5.16. The smallest absolute Gasteiger partial charge is 0.137 e. The summed E-state index contributed by atoms with van der Waals surface area (Å²) in [6, 6.07) is 12.4. The lowest BCUT2D eigenvalue weighted by atomic mass is 10.0. The van der Waals surface area contributed by atoms with Crippen molar-refractivity contribution in [1.29, 1.82) is 0 Å². The maximum atomic E-state index is 5.76. The fourth-order valence-corrected chi connectivity index (χ4v) is 2.46. The van der Waals surface area contributed by atoms with E-state index in [9.17, 15) is 0 Å². The van der Waals surface area contributed by atoms with Crippen LogP contribution in [0.1, 0.15) is 12.0 Å². The van der Waals surface area contributed by atoms with Gasteiger partial charge in [-0.25, -0.2) is 0 Å². The van der Waals surface area contributed by atoms with Crippen molar-refractivity contribution in [3.05, 3.63) is 54.4 Å². The maximum absolute atomic E-state index is 5.76. The molecule has 1 aliphatic rings. The highest BCUT2D eigenvalue weighted by molar-refractivity contribution is 5.35. The maximum Gasteiger partial charge on any atom is 0.137 e. The van der Waals surface area contributed by atoms with E-state index in [2.05, 4.69) is 22.4 Å². The van der Waals surface area contributed by atoms with E-state index in [1.165, 1.54) is 5.56 Å². The molecule has 0 amide bonds. The first kappa shape index (κ1) is 13.9. The van der Waals surface area contributed by atoms with Gasteiger partial charge in [0.2, 0.25) is 0 Å². The molecule has 1 aromatic heterocycles. The highest BCUT2D eigenvalue weighted by Crippen LogP contribution is 2.23. The number of hydrogen-bond acceptors (Lipinski definition) is 4. The number of nitrogens with zero attached hydrogens (tertiary/aromatic N) is 1. The van der Waals surface area contributed by atoms with E-state index in [-0.39, 0.29) is 0 Å². The minimum Gasteiger partial charge on any atom is -0.492 e. The summed E-state index contributed by atoms with van der Waals surface area (Å²) in [6.45, 7) is 2.36. The predicted octanol–water partition coefficient (Wildman–Crippen LogP) is 2.44. The van der Waals surface area contributed by atoms with Gasteiger partial charge in [0.1, 0.15) is 18.1 Å². The van der Waals surface area contributed by atoms with Crippen LogP contribution in [-0.4, -0.2) is 30.8 Å². The van der Waals surface area contributed by atoms with Crippen LogP contribution in [0.5, 0.6) is 11.5 Å². The molecule has 1 atom stereocenters. The lowest BCUT2D eigenvalue weighted by Crippen LogP contribution is -2.40. The van der Waals surface area contributed by atoms with Gasteiger partial charge in [0.25, 0.3) is 0 Å². The Balaban J connectivity index is 1.35. The molecule has 0 spiro atoms. The summed E-state index contributed by atoms with van der Waals surface area (Å²) in [6.07, 6.45) is 5.47. The molecule has 4 nitrogen and oxygen atoms in total. The Hall–Kier alpha value is -2.07. The number of fused-ring (bicyclic) bond motifs is 1. The molecule has 2 aromatic rings. The molecule has 1 aromatic carbocycles. The van der Waals surface area contributed by atoms with Crippen LogP contribution in [0.2, 0.25) is 0 Å². The molecule has 110 valence electrons. The molecule has 0 saturated heterocycles. The minimum absolute atomic E-state index is 0.387. The monoisotopic (exact) mass is 284 g/mol. The van der Waals surface area contributed by atoms with Gasteiger partial charge in [0, 0.05) is 12.2 Å². The predicted molar refractivity (Wildman–Crippen MR) is 81.8 cm³/mol. The zero-order valence-electron chi connectivity index (χ0n) is 12.0. The summed E-state index contributed by atoms with van der Waals surface area (Å²) in [4.78, 5) is 4.02. The van der Waals surface area contributed by atoms with E-state index in [0.29, 0.717) is 12.6 Å². The van der Waals surface area contributed by atoms with Gasteiger partial charge in [0.15, 0.2) is 0 Å². The first-order valence-electron chi connectivity index (χ1n) is 7.39. The molecule has 0 aliphatic carbocycles. The molecule has 0 bridgehead atoms. The summed E-state index contributed by atoms with van der Waals surface area (Å²) >= 11 is 0. The molecule has 0 saturated carbocycles. The molecule has 4 heteroatoms. The number of para-hydroxylation sites is 1. The van der Waals surface area contributed by atoms with Crippen molar-refractivity contribution in [3.63, 3.8) is 0 Å². The largest absolute Gasteiger partial charge is 0.492 e. The number of pyridine rings is 1. The Labute approximate surface area is 125 Å². The van der Waals surface area contributed by atoms with E-state index >= 15 is 0 Å². The number of aromatic nitrogens is 1. The van der Waals surface area contributed by atoms with E-state index < -0.39 is 0 Å². The van der Waals surface area contributed by atoms with Gasteiger partial charge < -0.3 is 14.8 Å². The molecular weight excluding hydrogens is 264 g/mol. The lowest BCUT2D eigenvalue weighted by molar-refractivity contribution is 0.233. The molecule has 21 heavy (non-hydrogen) atoms. The summed E-state index contributed by atoms with van der Waals surface area (Å²) < 4.78 is 11.4. The number of benzene rings is 1. The van der Waals surface area contributed by atoms with Crippen molar-refractivity contribution in [2.45, 2.75) is 18.9 Å². The normalized spacial score (nSPS) is 16.9. The van der Waals surface area contributed by atoms with Gasteiger partial charge in [-0.2, -0.15) is 0 Å². The second kappa shape index (κ2) is 7.09. The fraction of sp³-hybridized carbons (Fsp3) is 0.353. The Morgan fingerprint density at radius 2 is 2.19 bits per heavy atom. The SMILES string of the molecule is c1cncc(OCCCNC2COc3ccccc3C2)c1. The van der Waals surface area contributed by atoms with Crippen LogP contribution >= 0.6 is 0 Å². The van der Waals surface area contributed by atoms with Crippen molar-refractivity contribution in [2.75, 3.05) is 19.8 Å². The third-order valence-corrected chi connectivity index (χ3v) is 3.54. The van der Waals surface area contributed by atoms with Crippen molar-refractivity contribution in [2.24, 2.45) is 0 Å². The van der Waals surface area contributed by atoms with Crippen LogP contribution in [-0.2, 0) is 6.42 Å². The molecule has 2 heterocycles. The van der Waals surface area contributed by atoms with Crippen LogP contribution in [0.3, 0.4) is 0 Å². The zero-order chi connectivity index (χ0) is 14.3. The Kier molecular flexibility index (Phi) is 4.69. The Morgan fingerprint density at radius 3 is 3.10 bits per heavy atom. The summed E-state index contributed by atoms with van der Waals surface area (Å²) in [7, 11) is 0. The number of ether oxygens (including phenoxy) is 2. The average Bonchev–Trinajstić information content (AvgIpc) is 2.55. The van der Waals surface area contributed by atoms with Gasteiger partial charge in [-0.1, -0.05) is 18.2 Å². The molecular formula is C17H20N2O2. The number of nitrogens with one attached hydrogen (secondary N) is 1. The highest BCUT2D eigenvalue weighted by Gasteiger charge is 2.18. The lowest BCUT2D eigenvalue weighted by Gasteiger charge is -2.26. The third kappa shape index (κ3) is 3.95. The molecule has 0 radical (unpaired) electrons. The van der Waals surface area contributed by atoms with Crippen LogP contribution in [0.25, 0.3) is 0 Å². The molecule has 1 unspecified atom stereocenters. The highest BCUT2D eigenvalue weighted by atomic mass is 16.5. The Morgan fingerprint density at radius 1 is 1.24 bits per heavy atom. The van der Waals surface area contributed by atoms with Gasteiger partial charge in [-0.05, 0) is 43.1 Å². The van der Waals surface area contributed by atoms with Gasteiger partial charge in [-0.3, -0.25) is 4.98 Å². The summed E-state index contributed by atoms with van der Waals surface area (Å²) in [5.74, 6) is 1.85. The number of hydrogen-bond donors (Lipinski definition) is 1. The quantitative estimate of drug-likeness (QED) is 0.828. The molecule has 1 N–H and O–H groups in total. The topological polar surface area (TPSA) is 43.4 Å².